The maximum absolute atomic E-state index is 12.8. The third-order valence-corrected chi connectivity index (χ3v) is 14.2. The summed E-state index contributed by atoms with van der Waals surface area (Å²) in [5.41, 5.74) is 0. The number of esters is 3. The smallest absolute Gasteiger partial charge is 0.306 e. The van der Waals surface area contributed by atoms with Crippen LogP contribution in [0, 0.1) is 0 Å². The van der Waals surface area contributed by atoms with Crippen LogP contribution in [0.1, 0.15) is 335 Å². The van der Waals surface area contributed by atoms with Crippen LogP contribution >= 0.6 is 0 Å². The predicted octanol–water partition coefficient (Wildman–Crippen LogP) is 21.9. The molecule has 0 aromatic heterocycles. The van der Waals surface area contributed by atoms with E-state index in [4.69, 9.17) is 14.2 Å². The van der Waals surface area contributed by atoms with Crippen LogP contribution < -0.4 is 0 Å². The molecule has 0 spiro atoms. The molecule has 0 bridgehead atoms. The molecular weight excluding hydrogens is 913 g/mol. The van der Waals surface area contributed by atoms with Gasteiger partial charge in [-0.2, -0.15) is 0 Å². The largest absolute Gasteiger partial charge is 0.462 e. The summed E-state index contributed by atoms with van der Waals surface area (Å²) in [6, 6.07) is 0. The number of carbonyl (C=O) groups excluding carboxylic acids is 3. The minimum atomic E-state index is -0.777. The van der Waals surface area contributed by atoms with E-state index in [1.807, 2.05) is 0 Å². The summed E-state index contributed by atoms with van der Waals surface area (Å²) in [6.45, 7) is 6.59. The first-order valence-electron chi connectivity index (χ1n) is 32.3. The zero-order valence-corrected chi connectivity index (χ0v) is 49.4. The Morgan fingerprint density at radius 3 is 0.797 bits per heavy atom. The van der Waals surface area contributed by atoms with Gasteiger partial charge in [-0.25, -0.2) is 0 Å². The Morgan fingerprint density at radius 1 is 0.270 bits per heavy atom. The van der Waals surface area contributed by atoms with Gasteiger partial charge in [0.2, 0.25) is 0 Å². The number of ether oxygens (including phenoxy) is 3. The Balaban J connectivity index is 4.03. The molecule has 0 aliphatic rings. The number of rotatable bonds is 59. The summed E-state index contributed by atoms with van der Waals surface area (Å²) in [6.07, 6.45) is 79.7. The molecule has 0 saturated heterocycles. The van der Waals surface area contributed by atoms with E-state index in [-0.39, 0.29) is 31.1 Å². The van der Waals surface area contributed by atoms with Crippen molar-refractivity contribution in [2.75, 3.05) is 13.2 Å². The van der Waals surface area contributed by atoms with Crippen molar-refractivity contribution in [3.63, 3.8) is 0 Å². The van der Waals surface area contributed by atoms with Gasteiger partial charge in [0.15, 0.2) is 6.10 Å². The van der Waals surface area contributed by atoms with E-state index in [2.05, 4.69) is 81.5 Å². The molecule has 74 heavy (non-hydrogen) atoms. The zero-order valence-electron chi connectivity index (χ0n) is 49.4. The molecule has 0 rings (SSSR count). The van der Waals surface area contributed by atoms with Crippen LogP contribution in [-0.2, 0) is 28.6 Å². The third-order valence-electron chi connectivity index (χ3n) is 14.2. The average molecular weight is 1040 g/mol. The maximum Gasteiger partial charge on any atom is 0.306 e. The van der Waals surface area contributed by atoms with Crippen molar-refractivity contribution in [3.05, 3.63) is 60.8 Å². The molecule has 0 amide bonds. The maximum atomic E-state index is 12.8. The second-order valence-corrected chi connectivity index (χ2v) is 21.7. The molecule has 0 saturated carbocycles. The van der Waals surface area contributed by atoms with Gasteiger partial charge in [0, 0.05) is 19.3 Å². The Kier molecular flexibility index (Phi) is 60.2. The lowest BCUT2D eigenvalue weighted by molar-refractivity contribution is -0.167. The molecule has 0 radical (unpaired) electrons. The molecule has 0 aliphatic carbocycles. The van der Waals surface area contributed by atoms with E-state index in [1.54, 1.807) is 0 Å². The van der Waals surface area contributed by atoms with E-state index in [9.17, 15) is 14.4 Å². The lowest BCUT2D eigenvalue weighted by Gasteiger charge is -2.18. The summed E-state index contributed by atoms with van der Waals surface area (Å²) in [5, 5.41) is 0. The van der Waals surface area contributed by atoms with Gasteiger partial charge in [-0.05, 0) is 83.5 Å². The molecule has 1 unspecified atom stereocenters. The van der Waals surface area contributed by atoms with Crippen LogP contribution in [0.5, 0.6) is 0 Å². The van der Waals surface area contributed by atoms with E-state index in [0.717, 1.165) is 96.3 Å². The average Bonchev–Trinajstić information content (AvgIpc) is 3.40. The van der Waals surface area contributed by atoms with Gasteiger partial charge in [-0.3, -0.25) is 14.4 Å². The predicted molar refractivity (Wildman–Crippen MR) is 321 cm³/mol. The number of hydrogen-bond donors (Lipinski definition) is 0. The first-order valence-corrected chi connectivity index (χ1v) is 32.3. The number of carbonyl (C=O) groups is 3. The normalized spacial score (nSPS) is 12.4. The second kappa shape index (κ2) is 62.6. The topological polar surface area (TPSA) is 78.9 Å². The number of hydrogen-bond acceptors (Lipinski definition) is 6. The Labute approximate surface area is 460 Å². The molecule has 6 heteroatoms. The van der Waals surface area contributed by atoms with Gasteiger partial charge in [-0.15, -0.1) is 0 Å². The molecule has 6 nitrogen and oxygen atoms in total. The van der Waals surface area contributed by atoms with Crippen molar-refractivity contribution < 1.29 is 28.6 Å². The van der Waals surface area contributed by atoms with E-state index in [0.29, 0.717) is 19.3 Å². The van der Waals surface area contributed by atoms with Crippen molar-refractivity contribution in [1.29, 1.82) is 0 Å². The molecule has 0 N–H and O–H groups in total. The highest BCUT2D eigenvalue weighted by Gasteiger charge is 2.19. The van der Waals surface area contributed by atoms with Crippen molar-refractivity contribution in [2.24, 2.45) is 0 Å². The van der Waals surface area contributed by atoms with Crippen LogP contribution in [0.15, 0.2) is 60.8 Å². The van der Waals surface area contributed by atoms with Crippen LogP contribution in [0.4, 0.5) is 0 Å². The zero-order chi connectivity index (χ0) is 53.6. The van der Waals surface area contributed by atoms with Crippen molar-refractivity contribution in [3.8, 4) is 0 Å². The first-order chi connectivity index (χ1) is 36.5. The Hall–Kier alpha value is -2.89. The van der Waals surface area contributed by atoms with Crippen molar-refractivity contribution >= 4 is 17.9 Å². The molecule has 0 heterocycles. The van der Waals surface area contributed by atoms with Crippen LogP contribution in [0.25, 0.3) is 0 Å². The van der Waals surface area contributed by atoms with Gasteiger partial charge in [0.05, 0.1) is 0 Å². The van der Waals surface area contributed by atoms with Gasteiger partial charge in [-0.1, -0.05) is 293 Å². The van der Waals surface area contributed by atoms with Crippen LogP contribution in [0.3, 0.4) is 0 Å². The third kappa shape index (κ3) is 60.0. The highest BCUT2D eigenvalue weighted by Crippen LogP contribution is 2.17. The number of unbranched alkanes of at least 4 members (excludes halogenated alkanes) is 38. The van der Waals surface area contributed by atoms with Gasteiger partial charge in [0.1, 0.15) is 13.2 Å². The lowest BCUT2D eigenvalue weighted by atomic mass is 10.0. The van der Waals surface area contributed by atoms with E-state index in [1.165, 1.54) is 199 Å². The van der Waals surface area contributed by atoms with Gasteiger partial charge >= 0.3 is 17.9 Å². The Morgan fingerprint density at radius 2 is 0.500 bits per heavy atom. The fraction of sp³-hybridized carbons (Fsp3) is 0.809. The summed E-state index contributed by atoms with van der Waals surface area (Å²) < 4.78 is 16.8. The molecule has 0 fully saturated rings. The fourth-order valence-electron chi connectivity index (χ4n) is 9.35. The molecule has 0 aromatic carbocycles. The molecule has 1 atom stereocenters. The standard InChI is InChI=1S/C68H122O6/c1-4-7-10-13-16-19-21-23-25-26-27-28-29-30-31-32-33-34-35-36-37-38-39-40-41-42-43-45-46-49-52-55-58-61-67(70)73-64-65(63-72-66(69)60-57-54-51-48-18-15-12-9-6-3)74-68(71)62-59-56-53-50-47-44-24-22-20-17-14-11-8-5-2/h14,17,21-24,26-27,29-30,65H,4-13,15-16,18-20,25,28,31-64H2,1-3H3/b17-14-,23-21-,24-22-,27-26-,30-29-. The fourth-order valence-corrected chi connectivity index (χ4v) is 9.35. The summed E-state index contributed by atoms with van der Waals surface area (Å²) in [5.74, 6) is -0.878. The monoisotopic (exact) mass is 1030 g/mol. The van der Waals surface area contributed by atoms with Gasteiger partial charge in [0.25, 0.3) is 0 Å². The molecule has 430 valence electrons. The van der Waals surface area contributed by atoms with E-state index < -0.39 is 6.10 Å². The number of allylic oxidation sites excluding steroid dienone is 10. The molecular formula is C68H122O6. The highest BCUT2D eigenvalue weighted by atomic mass is 16.6. The minimum Gasteiger partial charge on any atom is -0.462 e. The second-order valence-electron chi connectivity index (χ2n) is 21.7. The van der Waals surface area contributed by atoms with Crippen molar-refractivity contribution in [1.82, 2.24) is 0 Å². The lowest BCUT2D eigenvalue weighted by Crippen LogP contribution is -2.30. The molecule has 0 aliphatic heterocycles. The van der Waals surface area contributed by atoms with Crippen LogP contribution in [-0.4, -0.2) is 37.2 Å². The summed E-state index contributed by atoms with van der Waals surface area (Å²) in [7, 11) is 0. The van der Waals surface area contributed by atoms with E-state index >= 15 is 0 Å². The summed E-state index contributed by atoms with van der Waals surface area (Å²) >= 11 is 0. The SMILES string of the molecule is CCCC/C=C\C/C=C\CCCCCCCC(=O)OC(COC(=O)CCCCCCCCCCC)COC(=O)CCCCCCCCCCCCCCCCCCCC/C=C\C/C=C\C/C=C\CCCCCCC. The van der Waals surface area contributed by atoms with Gasteiger partial charge < -0.3 is 14.2 Å². The van der Waals surface area contributed by atoms with Crippen LogP contribution in [0.2, 0.25) is 0 Å². The molecule has 0 aromatic rings. The minimum absolute atomic E-state index is 0.0759. The van der Waals surface area contributed by atoms with Crippen molar-refractivity contribution in [2.45, 2.75) is 341 Å². The quantitative estimate of drug-likeness (QED) is 0.0261. The summed E-state index contributed by atoms with van der Waals surface area (Å²) in [4.78, 5) is 38.1. The Bertz CT molecular complexity index is 1330. The first kappa shape index (κ1) is 71.1. The highest BCUT2D eigenvalue weighted by molar-refractivity contribution is 5.71.